The van der Waals surface area contributed by atoms with Gasteiger partial charge in [0.1, 0.15) is 0 Å². The fourth-order valence-corrected chi connectivity index (χ4v) is 4.67. The quantitative estimate of drug-likeness (QED) is 0.527. The van der Waals surface area contributed by atoms with E-state index in [2.05, 4.69) is 17.1 Å². The van der Waals surface area contributed by atoms with E-state index in [1.165, 1.54) is 18.2 Å². The molecule has 1 fully saturated rings. The number of primary amides is 1. The fraction of sp³-hybridized carbons (Fsp3) is 0.259. The fourth-order valence-electron chi connectivity index (χ4n) is 4.67. The van der Waals surface area contributed by atoms with Crippen molar-refractivity contribution in [1.82, 2.24) is 9.88 Å². The second-order valence-electron chi connectivity index (χ2n) is 8.62. The van der Waals surface area contributed by atoms with Crippen molar-refractivity contribution in [3.05, 3.63) is 107 Å². The minimum atomic E-state index is -4.40. The zero-order valence-corrected chi connectivity index (χ0v) is 18.6. The maximum Gasteiger partial charge on any atom is 0.416 e. The van der Waals surface area contributed by atoms with Crippen LogP contribution in [0.5, 0.6) is 0 Å². The first kappa shape index (κ1) is 23.5. The predicted molar refractivity (Wildman–Crippen MR) is 126 cm³/mol. The summed E-state index contributed by atoms with van der Waals surface area (Å²) < 4.78 is 39.9. The van der Waals surface area contributed by atoms with Crippen LogP contribution in [0.3, 0.4) is 0 Å². The van der Waals surface area contributed by atoms with Gasteiger partial charge in [0.25, 0.3) is 5.91 Å². The highest BCUT2D eigenvalue weighted by molar-refractivity contribution is 5.93. The second kappa shape index (κ2) is 9.71. The van der Waals surface area contributed by atoms with E-state index in [1.807, 2.05) is 23.1 Å². The molecule has 2 heterocycles. The van der Waals surface area contributed by atoms with E-state index in [4.69, 9.17) is 5.73 Å². The van der Waals surface area contributed by atoms with Gasteiger partial charge in [-0.15, -0.1) is 0 Å². The Morgan fingerprint density at radius 1 is 1.00 bits per heavy atom. The Kier molecular flexibility index (Phi) is 6.72. The lowest BCUT2D eigenvalue weighted by atomic mass is 9.69. The molecule has 0 aliphatic carbocycles. The molecule has 176 valence electrons. The molecule has 1 saturated heterocycles. The summed E-state index contributed by atoms with van der Waals surface area (Å²) in [6, 6.07) is 19.1. The molecule has 7 heteroatoms. The number of nitrogens with two attached hydrogens (primary N) is 1. The van der Waals surface area contributed by atoms with E-state index in [1.54, 1.807) is 30.6 Å². The molecule has 1 aliphatic rings. The Hall–Kier alpha value is -3.61. The molecule has 1 aliphatic heterocycles. The number of likely N-dealkylation sites (tertiary alicyclic amines) is 1. The van der Waals surface area contributed by atoms with Crippen molar-refractivity contribution < 1.29 is 18.0 Å². The van der Waals surface area contributed by atoms with E-state index >= 15 is 0 Å². The largest absolute Gasteiger partial charge is 0.416 e. The third kappa shape index (κ3) is 5.14. The molecule has 1 amide bonds. The normalized spacial score (nSPS) is 16.0. The minimum Gasteiger partial charge on any atom is -0.377 e. The number of benzene rings is 2. The second-order valence-corrected chi connectivity index (χ2v) is 8.62. The van der Waals surface area contributed by atoms with E-state index in [0.717, 1.165) is 24.5 Å². The van der Waals surface area contributed by atoms with E-state index in [0.29, 0.717) is 30.8 Å². The molecule has 1 aromatic heterocycles. The van der Waals surface area contributed by atoms with Crippen LogP contribution in [0.15, 0.2) is 79.1 Å². The first-order valence-corrected chi connectivity index (χ1v) is 11.2. The molecule has 0 bridgehead atoms. The van der Waals surface area contributed by atoms with Crippen LogP contribution in [0.2, 0.25) is 0 Å². The number of hydrogen-bond acceptors (Lipinski definition) is 3. The first-order chi connectivity index (χ1) is 16.3. The maximum absolute atomic E-state index is 13.3. The predicted octanol–water partition coefficient (Wildman–Crippen LogP) is 5.45. The number of rotatable bonds is 6. The van der Waals surface area contributed by atoms with Crippen molar-refractivity contribution in [3.8, 4) is 0 Å². The standard InChI is InChI=1S/C27H26F3N3O/c28-27(29,30)23-11-5-4-7-20(23)12-16-33-17-13-26(14-18-33,21-8-2-1-3-9-21)19-24-22(25(31)34)10-6-15-32-24/h1-12,15-16H,13-14,17-19H2,(H2,31,34). The SMILES string of the molecule is NC(=O)c1cccnc1CC1(c2ccccc2)CCN(C=Cc2ccccc2C(F)(F)F)CC1. The molecule has 0 atom stereocenters. The molecule has 0 unspecified atom stereocenters. The Bertz CT molecular complexity index is 1170. The van der Waals surface area contributed by atoms with E-state index in [-0.39, 0.29) is 11.0 Å². The minimum absolute atomic E-state index is 0.148. The molecule has 3 aromatic rings. The van der Waals surface area contributed by atoms with Crippen LogP contribution in [-0.4, -0.2) is 28.9 Å². The van der Waals surface area contributed by atoms with Gasteiger partial charge in [-0.2, -0.15) is 13.2 Å². The molecular weight excluding hydrogens is 439 g/mol. The Morgan fingerprint density at radius 3 is 2.35 bits per heavy atom. The summed E-state index contributed by atoms with van der Waals surface area (Å²) in [5, 5.41) is 0. The van der Waals surface area contributed by atoms with Crippen LogP contribution in [0, 0.1) is 0 Å². The number of hydrogen-bond donors (Lipinski definition) is 1. The van der Waals surface area contributed by atoms with Gasteiger partial charge < -0.3 is 10.6 Å². The van der Waals surface area contributed by atoms with Crippen LogP contribution in [0.4, 0.5) is 13.2 Å². The lowest BCUT2D eigenvalue weighted by Gasteiger charge is -2.42. The summed E-state index contributed by atoms with van der Waals surface area (Å²) in [6.45, 7) is 1.33. The Labute approximate surface area is 196 Å². The molecule has 0 radical (unpaired) electrons. The van der Waals surface area contributed by atoms with Crippen LogP contribution in [0.25, 0.3) is 6.08 Å². The van der Waals surface area contributed by atoms with Crippen molar-refractivity contribution in [2.75, 3.05) is 13.1 Å². The number of halogens is 3. The highest BCUT2D eigenvalue weighted by Gasteiger charge is 2.37. The summed E-state index contributed by atoms with van der Waals surface area (Å²) >= 11 is 0. The smallest absolute Gasteiger partial charge is 0.377 e. The van der Waals surface area contributed by atoms with Crippen molar-refractivity contribution in [2.24, 2.45) is 5.73 Å². The van der Waals surface area contributed by atoms with Crippen molar-refractivity contribution in [1.29, 1.82) is 0 Å². The van der Waals surface area contributed by atoms with Gasteiger partial charge in [0, 0.05) is 31.1 Å². The van der Waals surface area contributed by atoms with Crippen molar-refractivity contribution >= 4 is 12.0 Å². The third-order valence-corrected chi connectivity index (χ3v) is 6.53. The van der Waals surface area contributed by atoms with Gasteiger partial charge in [0.2, 0.25) is 0 Å². The first-order valence-electron chi connectivity index (χ1n) is 11.2. The van der Waals surface area contributed by atoms with Gasteiger partial charge >= 0.3 is 6.18 Å². The number of carbonyl (C=O) groups is 1. The molecule has 4 rings (SSSR count). The molecule has 34 heavy (non-hydrogen) atoms. The van der Waals surface area contributed by atoms with Crippen molar-refractivity contribution in [2.45, 2.75) is 30.9 Å². The summed E-state index contributed by atoms with van der Waals surface area (Å²) in [5.41, 5.74) is 7.08. The monoisotopic (exact) mass is 465 g/mol. The van der Waals surface area contributed by atoms with Gasteiger partial charge in [0.05, 0.1) is 16.8 Å². The van der Waals surface area contributed by atoms with E-state index in [9.17, 15) is 18.0 Å². The van der Waals surface area contributed by atoms with Gasteiger partial charge in [-0.1, -0.05) is 48.5 Å². The van der Waals surface area contributed by atoms with Crippen LogP contribution < -0.4 is 5.73 Å². The molecule has 4 nitrogen and oxygen atoms in total. The van der Waals surface area contributed by atoms with Crippen LogP contribution in [-0.2, 0) is 18.0 Å². The summed E-state index contributed by atoms with van der Waals surface area (Å²) in [5.74, 6) is -0.505. The number of carbonyl (C=O) groups excluding carboxylic acids is 1. The van der Waals surface area contributed by atoms with Gasteiger partial charge in [-0.3, -0.25) is 9.78 Å². The van der Waals surface area contributed by atoms with E-state index < -0.39 is 17.6 Å². The topological polar surface area (TPSA) is 59.2 Å². The number of piperidine rings is 1. The number of alkyl halides is 3. The van der Waals surface area contributed by atoms with Crippen LogP contribution in [0.1, 0.15) is 45.6 Å². The highest BCUT2D eigenvalue weighted by atomic mass is 19.4. The van der Waals surface area contributed by atoms with Crippen molar-refractivity contribution in [3.63, 3.8) is 0 Å². The summed E-state index contributed by atoms with van der Waals surface area (Å²) in [7, 11) is 0. The molecule has 0 saturated carbocycles. The number of amides is 1. The number of aromatic nitrogens is 1. The summed E-state index contributed by atoms with van der Waals surface area (Å²) in [4.78, 5) is 18.5. The zero-order valence-electron chi connectivity index (χ0n) is 18.6. The molecule has 2 N–H and O–H groups in total. The Balaban J connectivity index is 1.57. The number of pyridine rings is 1. The zero-order chi connectivity index (χ0) is 24.2. The lowest BCUT2D eigenvalue weighted by molar-refractivity contribution is -0.137. The van der Waals surface area contributed by atoms with Gasteiger partial charge in [-0.05, 0) is 54.4 Å². The molecular formula is C27H26F3N3O. The highest BCUT2D eigenvalue weighted by Crippen LogP contribution is 2.39. The van der Waals surface area contributed by atoms with Gasteiger partial charge in [0.15, 0.2) is 0 Å². The lowest BCUT2D eigenvalue weighted by Crippen LogP contribution is -2.42. The third-order valence-electron chi connectivity index (χ3n) is 6.53. The van der Waals surface area contributed by atoms with Crippen LogP contribution >= 0.6 is 0 Å². The number of nitrogens with zero attached hydrogens (tertiary/aromatic N) is 2. The molecule has 2 aromatic carbocycles. The van der Waals surface area contributed by atoms with Gasteiger partial charge in [-0.25, -0.2) is 0 Å². The summed E-state index contributed by atoms with van der Waals surface area (Å²) in [6.07, 6.45) is 2.62. The average molecular weight is 466 g/mol. The average Bonchev–Trinajstić information content (AvgIpc) is 2.84. The maximum atomic E-state index is 13.3. The molecule has 0 spiro atoms. The Morgan fingerprint density at radius 2 is 1.68 bits per heavy atom.